The van der Waals surface area contributed by atoms with E-state index in [2.05, 4.69) is 10.2 Å². The summed E-state index contributed by atoms with van der Waals surface area (Å²) in [6, 6.07) is -0.292. The lowest BCUT2D eigenvalue weighted by Gasteiger charge is -2.20. The van der Waals surface area contributed by atoms with Gasteiger partial charge in [-0.05, 0) is 32.9 Å². The molecule has 0 saturated carbocycles. The van der Waals surface area contributed by atoms with Gasteiger partial charge in [0.15, 0.2) is 0 Å². The molecule has 0 bridgehead atoms. The summed E-state index contributed by atoms with van der Waals surface area (Å²) in [6.45, 7) is 4.67. The average Bonchev–Trinajstić information content (AvgIpc) is 2.53. The summed E-state index contributed by atoms with van der Waals surface area (Å²) in [4.78, 5) is 24.4. The minimum Gasteiger partial charge on any atom is -0.481 e. The molecule has 1 aliphatic rings. The summed E-state index contributed by atoms with van der Waals surface area (Å²) in [7, 11) is 0. The first-order valence-electron chi connectivity index (χ1n) is 6.81. The summed E-state index contributed by atoms with van der Waals surface area (Å²) in [5.41, 5.74) is 0. The Hall–Kier alpha value is -1.10. The number of hydrogen-bond donors (Lipinski definition) is 2. The first-order valence-corrected chi connectivity index (χ1v) is 6.81. The van der Waals surface area contributed by atoms with E-state index in [9.17, 15) is 9.59 Å². The zero-order valence-corrected chi connectivity index (χ0v) is 11.2. The van der Waals surface area contributed by atoms with Gasteiger partial charge in [-0.2, -0.15) is 0 Å². The smallest absolute Gasteiger partial charge is 0.305 e. The van der Waals surface area contributed by atoms with E-state index >= 15 is 0 Å². The van der Waals surface area contributed by atoms with Gasteiger partial charge < -0.3 is 15.3 Å². The predicted octanol–water partition coefficient (Wildman–Crippen LogP) is 1.23. The summed E-state index contributed by atoms with van der Waals surface area (Å²) >= 11 is 0. The van der Waals surface area contributed by atoms with Crippen molar-refractivity contribution in [2.75, 3.05) is 19.6 Å². The molecule has 1 fully saturated rings. The third-order valence-corrected chi connectivity index (χ3v) is 3.24. The van der Waals surface area contributed by atoms with Crippen LogP contribution in [0.5, 0.6) is 0 Å². The van der Waals surface area contributed by atoms with Gasteiger partial charge in [0.2, 0.25) is 5.91 Å². The number of carbonyl (C=O) groups excluding carboxylic acids is 1. The lowest BCUT2D eigenvalue weighted by atomic mass is 10.2. The van der Waals surface area contributed by atoms with Crippen molar-refractivity contribution in [1.82, 2.24) is 10.2 Å². The van der Waals surface area contributed by atoms with Gasteiger partial charge in [0.1, 0.15) is 0 Å². The van der Waals surface area contributed by atoms with Crippen LogP contribution in [0.15, 0.2) is 0 Å². The van der Waals surface area contributed by atoms with Gasteiger partial charge in [-0.15, -0.1) is 0 Å². The molecule has 1 unspecified atom stereocenters. The highest BCUT2D eigenvalue weighted by Crippen LogP contribution is 2.09. The van der Waals surface area contributed by atoms with Crippen molar-refractivity contribution in [2.45, 2.75) is 51.5 Å². The SMILES string of the molecule is CC(CC(=O)O)NC(=O)CCN1CCCCCC1. The fourth-order valence-corrected chi connectivity index (χ4v) is 2.28. The molecule has 0 aromatic rings. The Morgan fingerprint density at radius 3 is 2.39 bits per heavy atom. The maximum absolute atomic E-state index is 11.6. The van der Waals surface area contributed by atoms with Crippen molar-refractivity contribution in [1.29, 1.82) is 0 Å². The number of carboxylic acid groups (broad SMARTS) is 1. The van der Waals surface area contributed by atoms with Crippen molar-refractivity contribution in [3.05, 3.63) is 0 Å². The Morgan fingerprint density at radius 2 is 1.83 bits per heavy atom. The standard InChI is InChI=1S/C13H24N2O3/c1-11(10-13(17)18)14-12(16)6-9-15-7-4-2-3-5-8-15/h11H,2-10H2,1H3,(H,14,16)(H,17,18). The fraction of sp³-hybridized carbons (Fsp3) is 0.846. The zero-order valence-electron chi connectivity index (χ0n) is 11.2. The lowest BCUT2D eigenvalue weighted by molar-refractivity contribution is -0.137. The van der Waals surface area contributed by atoms with Gasteiger partial charge in [-0.25, -0.2) is 0 Å². The maximum atomic E-state index is 11.6. The Kier molecular flexibility index (Phi) is 6.72. The van der Waals surface area contributed by atoms with Crippen molar-refractivity contribution in [3.8, 4) is 0 Å². The van der Waals surface area contributed by atoms with Crippen LogP contribution in [0.2, 0.25) is 0 Å². The van der Waals surface area contributed by atoms with Crippen molar-refractivity contribution in [2.24, 2.45) is 0 Å². The van der Waals surface area contributed by atoms with Gasteiger partial charge in [-0.1, -0.05) is 12.8 Å². The number of carbonyl (C=O) groups is 2. The molecule has 1 heterocycles. The lowest BCUT2D eigenvalue weighted by Crippen LogP contribution is -2.37. The number of amides is 1. The highest BCUT2D eigenvalue weighted by molar-refractivity contribution is 5.77. The molecule has 1 aliphatic heterocycles. The number of likely N-dealkylation sites (tertiary alicyclic amines) is 1. The van der Waals surface area contributed by atoms with Crippen LogP contribution in [0.4, 0.5) is 0 Å². The third kappa shape index (κ3) is 6.59. The van der Waals surface area contributed by atoms with E-state index in [4.69, 9.17) is 5.11 Å². The highest BCUT2D eigenvalue weighted by atomic mass is 16.4. The fourth-order valence-electron chi connectivity index (χ4n) is 2.28. The summed E-state index contributed by atoms with van der Waals surface area (Å²) in [6.07, 6.45) is 5.46. The normalized spacial score (nSPS) is 18.9. The largest absolute Gasteiger partial charge is 0.481 e. The first-order chi connectivity index (χ1) is 8.58. The van der Waals surface area contributed by atoms with Crippen LogP contribution in [0.3, 0.4) is 0 Å². The molecule has 0 spiro atoms. The molecule has 104 valence electrons. The Labute approximate surface area is 109 Å². The number of rotatable bonds is 6. The quantitative estimate of drug-likeness (QED) is 0.750. The second kappa shape index (κ2) is 8.08. The van der Waals surface area contributed by atoms with Gasteiger partial charge in [0.05, 0.1) is 6.42 Å². The molecule has 1 atom stereocenters. The zero-order chi connectivity index (χ0) is 13.4. The van der Waals surface area contributed by atoms with Crippen molar-refractivity contribution >= 4 is 11.9 Å². The Balaban J connectivity index is 2.17. The average molecular weight is 256 g/mol. The van der Waals surface area contributed by atoms with Crippen molar-refractivity contribution < 1.29 is 14.7 Å². The molecular weight excluding hydrogens is 232 g/mol. The van der Waals surface area contributed by atoms with E-state index in [0.717, 1.165) is 19.6 Å². The second-order valence-corrected chi connectivity index (χ2v) is 5.07. The number of nitrogens with zero attached hydrogens (tertiary/aromatic N) is 1. The number of nitrogens with one attached hydrogen (secondary N) is 1. The minimum absolute atomic E-state index is 0.0184. The van der Waals surface area contributed by atoms with Crippen LogP contribution >= 0.6 is 0 Å². The van der Waals surface area contributed by atoms with Crippen LogP contribution in [0, 0.1) is 0 Å². The number of hydrogen-bond acceptors (Lipinski definition) is 3. The van der Waals surface area contributed by atoms with Crippen LogP contribution in [-0.4, -0.2) is 47.6 Å². The molecule has 18 heavy (non-hydrogen) atoms. The van der Waals surface area contributed by atoms with E-state index in [1.165, 1.54) is 25.7 Å². The number of carboxylic acids is 1. The van der Waals surface area contributed by atoms with Gasteiger partial charge in [0.25, 0.3) is 0 Å². The molecule has 0 radical (unpaired) electrons. The Morgan fingerprint density at radius 1 is 1.22 bits per heavy atom. The van der Waals surface area contributed by atoms with Crippen LogP contribution < -0.4 is 5.32 Å². The monoisotopic (exact) mass is 256 g/mol. The molecule has 1 amide bonds. The molecule has 5 heteroatoms. The predicted molar refractivity (Wildman–Crippen MR) is 69.4 cm³/mol. The summed E-state index contributed by atoms with van der Waals surface area (Å²) in [5.74, 6) is -0.927. The van der Waals surface area contributed by atoms with E-state index in [1.54, 1.807) is 6.92 Å². The summed E-state index contributed by atoms with van der Waals surface area (Å²) < 4.78 is 0. The topological polar surface area (TPSA) is 69.6 Å². The Bertz CT molecular complexity index is 273. The molecule has 5 nitrogen and oxygen atoms in total. The van der Waals surface area contributed by atoms with E-state index in [0.29, 0.717) is 6.42 Å². The van der Waals surface area contributed by atoms with Gasteiger partial charge in [0, 0.05) is 19.0 Å². The minimum atomic E-state index is -0.879. The molecule has 0 aliphatic carbocycles. The van der Waals surface area contributed by atoms with Gasteiger partial charge in [-0.3, -0.25) is 9.59 Å². The van der Waals surface area contributed by atoms with Crippen molar-refractivity contribution in [3.63, 3.8) is 0 Å². The molecule has 2 N–H and O–H groups in total. The van der Waals surface area contributed by atoms with Crippen LogP contribution in [-0.2, 0) is 9.59 Å². The maximum Gasteiger partial charge on any atom is 0.305 e. The van der Waals surface area contributed by atoms with Crippen LogP contribution in [0.25, 0.3) is 0 Å². The first kappa shape index (κ1) is 15.0. The summed E-state index contributed by atoms with van der Waals surface area (Å²) in [5, 5.41) is 11.3. The van der Waals surface area contributed by atoms with E-state index < -0.39 is 5.97 Å². The molecular formula is C13H24N2O3. The van der Waals surface area contributed by atoms with E-state index in [-0.39, 0.29) is 18.4 Å². The van der Waals surface area contributed by atoms with Gasteiger partial charge >= 0.3 is 5.97 Å². The number of aliphatic carboxylic acids is 1. The second-order valence-electron chi connectivity index (χ2n) is 5.07. The molecule has 0 aromatic heterocycles. The highest BCUT2D eigenvalue weighted by Gasteiger charge is 2.13. The van der Waals surface area contributed by atoms with E-state index in [1.807, 2.05) is 0 Å². The molecule has 1 rings (SSSR count). The molecule has 0 aromatic carbocycles. The van der Waals surface area contributed by atoms with Crippen LogP contribution in [0.1, 0.15) is 45.4 Å². The third-order valence-electron chi connectivity index (χ3n) is 3.24. The molecule has 1 saturated heterocycles.